The monoisotopic (exact) mass is 299 g/mol. The Balaban J connectivity index is 0.000000152. The van der Waals surface area contributed by atoms with E-state index >= 15 is 0 Å². The second-order valence-corrected chi connectivity index (χ2v) is 6.33. The number of fused-ring (bicyclic) bond motifs is 3. The molecule has 0 saturated heterocycles. The van der Waals surface area contributed by atoms with Crippen LogP contribution in [0.1, 0.15) is 0 Å². The van der Waals surface area contributed by atoms with Gasteiger partial charge in [-0.05, 0) is 22.9 Å². The number of primary amides is 2. The molecule has 4 amide bonds. The lowest BCUT2D eigenvalue weighted by atomic mass is 10.4. The van der Waals surface area contributed by atoms with Gasteiger partial charge in [0.2, 0.25) is 0 Å². The molecule has 0 unspecified atom stereocenters. The Morgan fingerprint density at radius 1 is 1.06 bits per heavy atom. The van der Waals surface area contributed by atoms with Crippen LogP contribution in [0.2, 0.25) is 0 Å². The average Bonchev–Trinajstić information content (AvgIpc) is 2.85. The molecule has 94 valence electrons. The first-order chi connectivity index (χ1) is 8.58. The highest BCUT2D eigenvalue weighted by Crippen LogP contribution is 2.39. The lowest BCUT2D eigenvalue weighted by Gasteiger charge is -1.88. The molecule has 0 aliphatic heterocycles. The summed E-state index contributed by atoms with van der Waals surface area (Å²) in [6.45, 7) is 0. The van der Waals surface area contributed by atoms with Crippen LogP contribution in [0.25, 0.3) is 18.8 Å². The maximum absolute atomic E-state index is 9.62. The average molecular weight is 299 g/mol. The molecule has 0 aliphatic rings. The van der Waals surface area contributed by atoms with Gasteiger partial charge in [0.05, 0.1) is 8.71 Å². The first-order valence-electron chi connectivity index (χ1n) is 4.77. The van der Waals surface area contributed by atoms with Gasteiger partial charge in [-0.15, -0.1) is 34.0 Å². The Morgan fingerprint density at radius 3 is 2.33 bits per heavy atom. The summed E-state index contributed by atoms with van der Waals surface area (Å²) in [4.78, 5) is 19.2. The number of thiophene rings is 3. The van der Waals surface area contributed by atoms with Gasteiger partial charge in [-0.1, -0.05) is 0 Å². The van der Waals surface area contributed by atoms with Crippen LogP contribution >= 0.6 is 34.0 Å². The molecule has 0 spiro atoms. The molecule has 5 nitrogen and oxygen atoms in total. The van der Waals surface area contributed by atoms with E-state index in [2.05, 4.69) is 34.4 Å². The molecule has 0 atom stereocenters. The van der Waals surface area contributed by atoms with Crippen LogP contribution in [-0.2, 0) is 0 Å². The first kappa shape index (κ1) is 12.8. The van der Waals surface area contributed by atoms with Crippen LogP contribution in [0.15, 0.2) is 22.9 Å². The number of urea groups is 2. The summed E-state index contributed by atoms with van der Waals surface area (Å²) in [7, 11) is 0. The van der Waals surface area contributed by atoms with Gasteiger partial charge in [-0.2, -0.15) is 0 Å². The van der Waals surface area contributed by atoms with Crippen molar-refractivity contribution in [1.82, 2.24) is 5.32 Å². The van der Waals surface area contributed by atoms with Crippen molar-refractivity contribution in [3.63, 3.8) is 0 Å². The van der Waals surface area contributed by atoms with Crippen molar-refractivity contribution < 1.29 is 9.59 Å². The summed E-state index contributed by atoms with van der Waals surface area (Å²) >= 11 is 5.59. The molecule has 3 aromatic heterocycles. The number of nitrogens with one attached hydrogen (secondary N) is 1. The highest BCUT2D eigenvalue weighted by Gasteiger charge is 2.05. The third-order valence-electron chi connectivity index (χ3n) is 1.95. The minimum absolute atomic E-state index is 0.937. The van der Waals surface area contributed by atoms with Crippen molar-refractivity contribution in [2.24, 2.45) is 11.5 Å². The number of imide groups is 1. The molecule has 0 bridgehead atoms. The standard InChI is InChI=1S/C8H4S3.C2H5N3O2/c1-3-10-8-5(1)7-6(11-8)2-4-9-7;3-1(6)5-2(4)7/h1-4H;(H5,3,4,5,6,7). The molecule has 0 fully saturated rings. The van der Waals surface area contributed by atoms with Gasteiger partial charge >= 0.3 is 12.1 Å². The third-order valence-corrected chi connectivity index (χ3v) is 5.24. The zero-order valence-electron chi connectivity index (χ0n) is 9.01. The highest BCUT2D eigenvalue weighted by molar-refractivity contribution is 7.43. The second-order valence-electron chi connectivity index (χ2n) is 3.19. The number of carbonyl (C=O) groups is 2. The van der Waals surface area contributed by atoms with Gasteiger partial charge in [0.15, 0.2) is 0 Å². The molecule has 18 heavy (non-hydrogen) atoms. The van der Waals surface area contributed by atoms with Crippen molar-refractivity contribution in [2.75, 3.05) is 0 Å². The minimum Gasteiger partial charge on any atom is -0.351 e. The van der Waals surface area contributed by atoms with E-state index in [9.17, 15) is 9.59 Å². The molecule has 8 heteroatoms. The molecule has 0 aromatic carbocycles. The molecule has 0 radical (unpaired) electrons. The quantitative estimate of drug-likeness (QED) is 0.594. The van der Waals surface area contributed by atoms with Crippen molar-refractivity contribution in [3.8, 4) is 0 Å². The SMILES string of the molecule is NC(=O)NC(N)=O.c1cc2c(s1)sc1ccsc12. The van der Waals surface area contributed by atoms with E-state index in [0.717, 1.165) is 0 Å². The van der Waals surface area contributed by atoms with Gasteiger partial charge in [0.1, 0.15) is 0 Å². The highest BCUT2D eigenvalue weighted by atomic mass is 32.2. The Bertz CT molecular complexity index is 640. The summed E-state index contributed by atoms with van der Waals surface area (Å²) in [5.41, 5.74) is 8.88. The number of amides is 4. The zero-order valence-corrected chi connectivity index (χ0v) is 11.5. The number of carbonyl (C=O) groups excluding carboxylic acids is 2. The van der Waals surface area contributed by atoms with Crippen LogP contribution in [0.5, 0.6) is 0 Å². The lowest BCUT2D eigenvalue weighted by Crippen LogP contribution is -2.38. The van der Waals surface area contributed by atoms with E-state index in [1.807, 2.05) is 34.0 Å². The number of hydrogen-bond acceptors (Lipinski definition) is 5. The van der Waals surface area contributed by atoms with Gasteiger partial charge < -0.3 is 11.5 Å². The van der Waals surface area contributed by atoms with E-state index in [1.54, 1.807) is 5.32 Å². The summed E-state index contributed by atoms with van der Waals surface area (Å²) < 4.78 is 4.37. The maximum Gasteiger partial charge on any atom is 0.320 e. The smallest absolute Gasteiger partial charge is 0.320 e. The molecule has 5 N–H and O–H groups in total. The number of rotatable bonds is 0. The van der Waals surface area contributed by atoms with Crippen molar-refractivity contribution in [2.45, 2.75) is 0 Å². The third kappa shape index (κ3) is 2.78. The van der Waals surface area contributed by atoms with Crippen molar-refractivity contribution in [1.29, 1.82) is 0 Å². The van der Waals surface area contributed by atoms with Crippen molar-refractivity contribution in [3.05, 3.63) is 22.9 Å². The normalized spacial score (nSPS) is 10.0. The van der Waals surface area contributed by atoms with Crippen LogP contribution in [-0.4, -0.2) is 12.1 Å². The molecule has 3 heterocycles. The Morgan fingerprint density at radius 2 is 1.72 bits per heavy atom. The largest absolute Gasteiger partial charge is 0.351 e. The first-order valence-corrected chi connectivity index (χ1v) is 7.34. The summed E-state index contributed by atoms with van der Waals surface area (Å²) in [6.07, 6.45) is 0. The maximum atomic E-state index is 9.62. The second kappa shape index (κ2) is 5.34. The molecule has 3 rings (SSSR count). The molecule has 0 aliphatic carbocycles. The Kier molecular flexibility index (Phi) is 3.80. The van der Waals surface area contributed by atoms with Crippen LogP contribution in [0.4, 0.5) is 9.59 Å². The van der Waals surface area contributed by atoms with E-state index in [4.69, 9.17) is 0 Å². The van der Waals surface area contributed by atoms with E-state index < -0.39 is 12.1 Å². The predicted octanol–water partition coefficient (Wildman–Crippen LogP) is 2.91. The van der Waals surface area contributed by atoms with Crippen molar-refractivity contribution >= 4 is 64.9 Å². The van der Waals surface area contributed by atoms with Gasteiger partial charge in [-0.25, -0.2) is 9.59 Å². The predicted molar refractivity (Wildman–Crippen MR) is 77.4 cm³/mol. The van der Waals surface area contributed by atoms with E-state index in [-0.39, 0.29) is 0 Å². The number of hydrogen-bond donors (Lipinski definition) is 3. The zero-order chi connectivity index (χ0) is 13.1. The molecular formula is C10H9N3O2S3. The Hall–Kier alpha value is -1.64. The van der Waals surface area contributed by atoms with E-state index in [0.29, 0.717) is 0 Å². The van der Waals surface area contributed by atoms with Crippen LogP contribution < -0.4 is 16.8 Å². The fourth-order valence-electron chi connectivity index (χ4n) is 1.34. The number of nitrogens with two attached hydrogens (primary N) is 2. The lowest BCUT2D eigenvalue weighted by molar-refractivity contribution is 0.236. The molecular weight excluding hydrogens is 290 g/mol. The topological polar surface area (TPSA) is 98.2 Å². The molecule has 3 aromatic rings. The summed E-state index contributed by atoms with van der Waals surface area (Å²) in [5, 5.41) is 7.36. The minimum atomic E-state index is -0.938. The van der Waals surface area contributed by atoms with Crippen LogP contribution in [0.3, 0.4) is 0 Å². The molecule has 0 saturated carbocycles. The van der Waals surface area contributed by atoms with Gasteiger partial charge in [0.25, 0.3) is 0 Å². The summed E-state index contributed by atoms with van der Waals surface area (Å²) in [5.74, 6) is 0. The van der Waals surface area contributed by atoms with E-state index in [1.165, 1.54) is 18.8 Å². The fourth-order valence-corrected chi connectivity index (χ4v) is 4.72. The van der Waals surface area contributed by atoms with Gasteiger partial charge in [-0.3, -0.25) is 5.32 Å². The summed E-state index contributed by atoms with van der Waals surface area (Å²) in [6, 6.07) is 2.55. The fraction of sp³-hybridized carbons (Fsp3) is 0. The van der Waals surface area contributed by atoms with Gasteiger partial charge in [0, 0.05) is 10.1 Å². The van der Waals surface area contributed by atoms with Crippen LogP contribution in [0, 0.1) is 0 Å². The Labute approximate surface area is 114 Å².